The minimum Gasteiger partial charge on any atom is -0.507 e. The Balaban J connectivity index is 1.27. The molecule has 0 aliphatic carbocycles. The topological polar surface area (TPSA) is 101 Å². The molecule has 1 aromatic carbocycles. The standard InChI is InChI=1S/C20H23N7O2/c28-19-11-16(27-21-7-8-22-27)1-2-17(19)18-3-4-20(25-24-18)26-9-5-14(12-26)23-15-6-10-29-13-15/h1-4,7-8,11,14-15,23,28H,5-6,9-10,12-13H2/t14-,15?/m0/s1. The van der Waals surface area contributed by atoms with Gasteiger partial charge in [-0.05, 0) is 37.1 Å². The van der Waals surface area contributed by atoms with Crippen molar-refractivity contribution in [1.82, 2.24) is 30.5 Å². The third kappa shape index (κ3) is 3.79. The number of phenols is 1. The molecule has 0 spiro atoms. The molecule has 29 heavy (non-hydrogen) atoms. The number of aromatic hydroxyl groups is 1. The third-order valence-electron chi connectivity index (χ3n) is 5.47. The summed E-state index contributed by atoms with van der Waals surface area (Å²) in [6.45, 7) is 3.54. The second-order valence-electron chi connectivity index (χ2n) is 7.46. The summed E-state index contributed by atoms with van der Waals surface area (Å²) in [5.74, 6) is 0.976. The van der Waals surface area contributed by atoms with E-state index < -0.39 is 0 Å². The average Bonchev–Trinajstić information content (AvgIpc) is 3.52. The van der Waals surface area contributed by atoms with Crippen LogP contribution in [0.1, 0.15) is 12.8 Å². The molecule has 2 aliphatic rings. The van der Waals surface area contributed by atoms with Gasteiger partial charge in [0.2, 0.25) is 0 Å². The maximum absolute atomic E-state index is 10.4. The number of ether oxygens (including phenoxy) is 1. The van der Waals surface area contributed by atoms with Crippen LogP contribution in [0.15, 0.2) is 42.7 Å². The summed E-state index contributed by atoms with van der Waals surface area (Å²) in [4.78, 5) is 3.70. The fraction of sp³-hybridized carbons (Fsp3) is 0.400. The molecule has 2 atom stereocenters. The van der Waals surface area contributed by atoms with Gasteiger partial charge in [-0.15, -0.1) is 10.2 Å². The van der Waals surface area contributed by atoms with Gasteiger partial charge in [0.25, 0.3) is 0 Å². The first-order valence-electron chi connectivity index (χ1n) is 9.89. The first-order chi connectivity index (χ1) is 14.3. The van der Waals surface area contributed by atoms with Crippen LogP contribution >= 0.6 is 0 Å². The molecule has 0 saturated carbocycles. The fourth-order valence-electron chi connectivity index (χ4n) is 3.95. The van der Waals surface area contributed by atoms with E-state index in [0.29, 0.717) is 29.0 Å². The molecule has 2 aromatic heterocycles. The molecule has 2 saturated heterocycles. The molecule has 5 rings (SSSR count). The highest BCUT2D eigenvalue weighted by Crippen LogP contribution is 2.30. The van der Waals surface area contributed by atoms with E-state index in [1.54, 1.807) is 24.5 Å². The summed E-state index contributed by atoms with van der Waals surface area (Å²) in [5, 5.41) is 31.0. The first-order valence-corrected chi connectivity index (χ1v) is 9.89. The molecule has 2 N–H and O–H groups in total. The minimum atomic E-state index is 0.117. The summed E-state index contributed by atoms with van der Waals surface area (Å²) >= 11 is 0. The van der Waals surface area contributed by atoms with E-state index in [4.69, 9.17) is 4.74 Å². The highest BCUT2D eigenvalue weighted by Gasteiger charge is 2.27. The molecule has 150 valence electrons. The van der Waals surface area contributed by atoms with Gasteiger partial charge in [0.1, 0.15) is 5.75 Å². The number of hydrogen-bond acceptors (Lipinski definition) is 8. The summed E-state index contributed by atoms with van der Waals surface area (Å²) in [6.07, 6.45) is 5.36. The average molecular weight is 393 g/mol. The van der Waals surface area contributed by atoms with Crippen molar-refractivity contribution >= 4 is 5.82 Å². The minimum absolute atomic E-state index is 0.117. The van der Waals surface area contributed by atoms with Crippen LogP contribution in [0.2, 0.25) is 0 Å². The summed E-state index contributed by atoms with van der Waals surface area (Å²) in [7, 11) is 0. The Kier molecular flexibility index (Phi) is 4.82. The van der Waals surface area contributed by atoms with Crippen LogP contribution in [-0.4, -0.2) is 68.7 Å². The highest BCUT2D eigenvalue weighted by atomic mass is 16.5. The largest absolute Gasteiger partial charge is 0.507 e. The van der Waals surface area contributed by atoms with E-state index in [1.807, 2.05) is 18.2 Å². The van der Waals surface area contributed by atoms with Crippen LogP contribution in [-0.2, 0) is 4.74 Å². The van der Waals surface area contributed by atoms with Crippen molar-refractivity contribution in [2.45, 2.75) is 24.9 Å². The molecular formula is C20H23N7O2. The second kappa shape index (κ2) is 7.76. The lowest BCUT2D eigenvalue weighted by Gasteiger charge is -2.19. The molecule has 0 amide bonds. The lowest BCUT2D eigenvalue weighted by Crippen LogP contribution is -2.40. The molecule has 0 radical (unpaired) electrons. The zero-order valence-electron chi connectivity index (χ0n) is 16.0. The molecule has 9 nitrogen and oxygen atoms in total. The smallest absolute Gasteiger partial charge is 0.151 e. The maximum atomic E-state index is 10.4. The molecule has 2 fully saturated rings. The number of phenolic OH excluding ortho intramolecular Hbond substituents is 1. The summed E-state index contributed by atoms with van der Waals surface area (Å²) in [6, 6.07) is 10.0. The zero-order chi connectivity index (χ0) is 19.6. The number of benzene rings is 1. The Morgan fingerprint density at radius 2 is 1.93 bits per heavy atom. The van der Waals surface area contributed by atoms with Crippen molar-refractivity contribution in [2.75, 3.05) is 31.2 Å². The molecule has 1 unspecified atom stereocenters. The van der Waals surface area contributed by atoms with E-state index in [9.17, 15) is 5.11 Å². The summed E-state index contributed by atoms with van der Waals surface area (Å²) < 4.78 is 5.44. The van der Waals surface area contributed by atoms with Gasteiger partial charge in [0, 0.05) is 43.4 Å². The van der Waals surface area contributed by atoms with Gasteiger partial charge in [-0.1, -0.05) is 0 Å². The van der Waals surface area contributed by atoms with Gasteiger partial charge in [0.15, 0.2) is 5.82 Å². The SMILES string of the molecule is Oc1cc(-n2nccn2)ccc1-c1ccc(N2CC[C@H](NC3CCOC3)C2)nn1. The first kappa shape index (κ1) is 18.0. The number of aromatic nitrogens is 5. The Morgan fingerprint density at radius 3 is 2.66 bits per heavy atom. The Morgan fingerprint density at radius 1 is 1.03 bits per heavy atom. The Labute approximate surface area is 168 Å². The lowest BCUT2D eigenvalue weighted by atomic mass is 10.1. The zero-order valence-corrected chi connectivity index (χ0v) is 16.0. The van der Waals surface area contributed by atoms with Crippen molar-refractivity contribution in [1.29, 1.82) is 0 Å². The van der Waals surface area contributed by atoms with E-state index in [0.717, 1.165) is 45.0 Å². The van der Waals surface area contributed by atoms with Crippen LogP contribution in [0.25, 0.3) is 16.9 Å². The van der Waals surface area contributed by atoms with Crippen LogP contribution < -0.4 is 10.2 Å². The van der Waals surface area contributed by atoms with Gasteiger partial charge in [-0.25, -0.2) is 0 Å². The Bertz CT molecular complexity index is 955. The van der Waals surface area contributed by atoms with E-state index in [2.05, 4.69) is 30.6 Å². The molecule has 3 aromatic rings. The Hall–Kier alpha value is -3.04. The van der Waals surface area contributed by atoms with Crippen molar-refractivity contribution in [2.24, 2.45) is 0 Å². The van der Waals surface area contributed by atoms with Gasteiger partial charge in [-0.3, -0.25) is 0 Å². The van der Waals surface area contributed by atoms with Gasteiger partial charge < -0.3 is 20.1 Å². The number of anilines is 1. The van der Waals surface area contributed by atoms with Crippen LogP contribution in [0.3, 0.4) is 0 Å². The molecular weight excluding hydrogens is 370 g/mol. The number of hydrogen-bond donors (Lipinski definition) is 2. The van der Waals surface area contributed by atoms with E-state index in [1.165, 1.54) is 4.80 Å². The number of nitrogens with one attached hydrogen (secondary N) is 1. The predicted molar refractivity (Wildman–Crippen MR) is 107 cm³/mol. The molecule has 0 bridgehead atoms. The van der Waals surface area contributed by atoms with Crippen molar-refractivity contribution in [3.63, 3.8) is 0 Å². The lowest BCUT2D eigenvalue weighted by molar-refractivity contribution is 0.188. The van der Waals surface area contributed by atoms with Gasteiger partial charge >= 0.3 is 0 Å². The quantitative estimate of drug-likeness (QED) is 0.671. The number of nitrogens with zero attached hydrogens (tertiary/aromatic N) is 6. The molecule has 4 heterocycles. The fourth-order valence-corrected chi connectivity index (χ4v) is 3.95. The second-order valence-corrected chi connectivity index (χ2v) is 7.46. The van der Waals surface area contributed by atoms with Crippen LogP contribution in [0.4, 0.5) is 5.82 Å². The molecule has 2 aliphatic heterocycles. The highest BCUT2D eigenvalue weighted by molar-refractivity contribution is 5.68. The van der Waals surface area contributed by atoms with Crippen LogP contribution in [0.5, 0.6) is 5.75 Å². The predicted octanol–water partition coefficient (Wildman–Crippen LogP) is 1.39. The van der Waals surface area contributed by atoms with Crippen molar-refractivity contribution < 1.29 is 9.84 Å². The van der Waals surface area contributed by atoms with Crippen LogP contribution in [0, 0.1) is 0 Å². The van der Waals surface area contributed by atoms with Crippen molar-refractivity contribution in [3.05, 3.63) is 42.7 Å². The third-order valence-corrected chi connectivity index (χ3v) is 5.47. The van der Waals surface area contributed by atoms with E-state index in [-0.39, 0.29) is 5.75 Å². The monoisotopic (exact) mass is 393 g/mol. The summed E-state index contributed by atoms with van der Waals surface area (Å²) in [5.41, 5.74) is 1.94. The normalized spacial score (nSPS) is 21.7. The maximum Gasteiger partial charge on any atom is 0.151 e. The molecule has 9 heteroatoms. The van der Waals surface area contributed by atoms with Gasteiger partial charge in [0.05, 0.1) is 30.4 Å². The van der Waals surface area contributed by atoms with Gasteiger partial charge in [-0.2, -0.15) is 15.0 Å². The number of rotatable bonds is 5. The van der Waals surface area contributed by atoms with E-state index >= 15 is 0 Å². The van der Waals surface area contributed by atoms with Crippen molar-refractivity contribution in [3.8, 4) is 22.7 Å².